The van der Waals surface area contributed by atoms with Crippen LogP contribution in [0.15, 0.2) is 36.4 Å². The molecule has 0 spiro atoms. The third-order valence-electron chi connectivity index (χ3n) is 7.87. The molecule has 1 saturated heterocycles. The number of rotatable bonds is 10. The van der Waals surface area contributed by atoms with Crippen LogP contribution in [0.2, 0.25) is 5.02 Å². The first kappa shape index (κ1) is 26.8. The van der Waals surface area contributed by atoms with E-state index in [4.69, 9.17) is 25.8 Å². The molecule has 2 atom stereocenters. The van der Waals surface area contributed by atoms with Crippen molar-refractivity contribution in [2.75, 3.05) is 39.4 Å². The molecular weight excluding hydrogens is 498 g/mol. The Morgan fingerprint density at radius 2 is 1.49 bits per heavy atom. The highest BCUT2D eigenvalue weighted by atomic mass is 35.5. The van der Waals surface area contributed by atoms with Crippen LogP contribution in [0.3, 0.4) is 0 Å². The molecule has 2 fully saturated rings. The molecule has 2 aliphatic rings. The summed E-state index contributed by atoms with van der Waals surface area (Å²) in [5.74, 6) is 4.76. The summed E-state index contributed by atoms with van der Waals surface area (Å²) in [7, 11) is 5.04. The molecule has 0 aromatic heterocycles. The van der Waals surface area contributed by atoms with Gasteiger partial charge in [0.2, 0.25) is 5.75 Å². The predicted molar refractivity (Wildman–Crippen MR) is 151 cm³/mol. The third-order valence-corrected chi connectivity index (χ3v) is 11.9. The number of hydrogen-bond donors (Lipinski definition) is 1. The molecular formula is C28H38ClNO3S2. The van der Waals surface area contributed by atoms with Crippen molar-refractivity contribution in [1.82, 2.24) is 5.32 Å². The molecule has 0 amide bonds. The van der Waals surface area contributed by atoms with E-state index in [1.807, 2.05) is 12.1 Å². The Bertz CT molecular complexity index is 965. The summed E-state index contributed by atoms with van der Waals surface area (Å²) in [4.78, 5) is 0. The summed E-state index contributed by atoms with van der Waals surface area (Å²) < 4.78 is 16.9. The van der Waals surface area contributed by atoms with Gasteiger partial charge < -0.3 is 19.5 Å². The van der Waals surface area contributed by atoms with Crippen molar-refractivity contribution in [3.8, 4) is 17.2 Å². The zero-order chi connectivity index (χ0) is 25.1. The van der Waals surface area contributed by atoms with E-state index in [1.165, 1.54) is 36.8 Å². The molecule has 192 valence electrons. The molecule has 1 heterocycles. The topological polar surface area (TPSA) is 39.7 Å². The van der Waals surface area contributed by atoms with Crippen LogP contribution in [0.5, 0.6) is 17.2 Å². The lowest BCUT2D eigenvalue weighted by molar-refractivity contribution is 0.215. The van der Waals surface area contributed by atoms with Gasteiger partial charge in [-0.3, -0.25) is 0 Å². The van der Waals surface area contributed by atoms with Crippen LogP contribution in [-0.4, -0.2) is 45.4 Å². The maximum Gasteiger partial charge on any atom is 0.203 e. The van der Waals surface area contributed by atoms with Gasteiger partial charge in [0.15, 0.2) is 11.5 Å². The van der Waals surface area contributed by atoms with Gasteiger partial charge in [0, 0.05) is 23.0 Å². The van der Waals surface area contributed by atoms with Crippen molar-refractivity contribution < 1.29 is 14.2 Å². The SMILES string of the molecule is COc1cc(C2(C(C)C(C)NCC3(c4ccc(Cl)cc4)CCC3)SCCCS2)cc(OC)c1OC. The lowest BCUT2D eigenvalue weighted by atomic mass is 9.64. The number of halogens is 1. The minimum Gasteiger partial charge on any atom is -0.493 e. The number of methoxy groups -OCH3 is 3. The summed E-state index contributed by atoms with van der Waals surface area (Å²) in [6, 6.07) is 13.1. The molecule has 1 aliphatic heterocycles. The van der Waals surface area contributed by atoms with Gasteiger partial charge in [-0.15, -0.1) is 23.5 Å². The van der Waals surface area contributed by atoms with Crippen molar-refractivity contribution in [2.45, 2.75) is 55.1 Å². The maximum atomic E-state index is 6.17. The fraction of sp³-hybridized carbons (Fsp3) is 0.571. The van der Waals surface area contributed by atoms with Gasteiger partial charge in [-0.25, -0.2) is 0 Å². The van der Waals surface area contributed by atoms with E-state index in [-0.39, 0.29) is 9.49 Å². The molecule has 35 heavy (non-hydrogen) atoms. The van der Waals surface area contributed by atoms with Gasteiger partial charge in [0.1, 0.15) is 0 Å². The lowest BCUT2D eigenvalue weighted by Gasteiger charge is -2.47. The molecule has 1 saturated carbocycles. The second kappa shape index (κ2) is 11.5. The number of benzene rings is 2. The lowest BCUT2D eigenvalue weighted by Crippen LogP contribution is -2.50. The maximum absolute atomic E-state index is 6.17. The zero-order valence-electron chi connectivity index (χ0n) is 21.5. The van der Waals surface area contributed by atoms with E-state index in [0.29, 0.717) is 17.7 Å². The van der Waals surface area contributed by atoms with Gasteiger partial charge in [-0.1, -0.05) is 37.1 Å². The van der Waals surface area contributed by atoms with E-state index in [9.17, 15) is 0 Å². The highest BCUT2D eigenvalue weighted by Gasteiger charge is 2.45. The van der Waals surface area contributed by atoms with Gasteiger partial charge in [0.25, 0.3) is 0 Å². The first-order valence-corrected chi connectivity index (χ1v) is 14.8. The van der Waals surface area contributed by atoms with Gasteiger partial charge in [-0.05, 0) is 79.0 Å². The van der Waals surface area contributed by atoms with E-state index in [2.05, 4.69) is 67.0 Å². The van der Waals surface area contributed by atoms with Crippen LogP contribution in [0, 0.1) is 5.92 Å². The largest absolute Gasteiger partial charge is 0.493 e. The Morgan fingerprint density at radius 1 is 0.886 bits per heavy atom. The van der Waals surface area contributed by atoms with Crippen LogP contribution in [0.1, 0.15) is 50.7 Å². The van der Waals surface area contributed by atoms with Crippen LogP contribution >= 0.6 is 35.1 Å². The molecule has 4 nitrogen and oxygen atoms in total. The number of nitrogens with one attached hydrogen (secondary N) is 1. The Labute approximate surface area is 224 Å². The van der Waals surface area contributed by atoms with Crippen molar-refractivity contribution in [3.63, 3.8) is 0 Å². The summed E-state index contributed by atoms with van der Waals surface area (Å²) in [6.45, 7) is 5.72. The van der Waals surface area contributed by atoms with E-state index >= 15 is 0 Å². The quantitative estimate of drug-likeness (QED) is 0.349. The standard InChI is InChI=1S/C28H38ClNO3S2/c1-19(20(2)30-18-27(12-6-13-27)21-8-10-23(29)11-9-21)28(34-14-7-15-35-28)22-16-24(31-3)26(33-5)25(17-22)32-4/h8-11,16-17,19-20,30H,6-7,12-15,18H2,1-5H3. The molecule has 4 rings (SSSR count). The smallest absolute Gasteiger partial charge is 0.203 e. The average molecular weight is 536 g/mol. The van der Waals surface area contributed by atoms with E-state index < -0.39 is 0 Å². The molecule has 7 heteroatoms. The molecule has 2 unspecified atom stereocenters. The zero-order valence-corrected chi connectivity index (χ0v) is 23.9. The highest BCUT2D eigenvalue weighted by Crippen LogP contribution is 2.58. The van der Waals surface area contributed by atoms with Crippen molar-refractivity contribution in [3.05, 3.63) is 52.5 Å². The van der Waals surface area contributed by atoms with Crippen LogP contribution in [-0.2, 0) is 9.49 Å². The summed E-state index contributed by atoms with van der Waals surface area (Å²) in [5, 5.41) is 4.77. The summed E-state index contributed by atoms with van der Waals surface area (Å²) in [5.41, 5.74) is 2.85. The van der Waals surface area contributed by atoms with E-state index in [1.54, 1.807) is 21.3 Å². The highest BCUT2D eigenvalue weighted by molar-refractivity contribution is 8.18. The molecule has 1 aliphatic carbocycles. The Morgan fingerprint density at radius 3 is 1.97 bits per heavy atom. The summed E-state index contributed by atoms with van der Waals surface area (Å²) >= 11 is 10.3. The first-order chi connectivity index (χ1) is 16.9. The third kappa shape index (κ3) is 5.27. The van der Waals surface area contributed by atoms with Crippen LogP contribution in [0.25, 0.3) is 0 Å². The van der Waals surface area contributed by atoms with Gasteiger partial charge >= 0.3 is 0 Å². The number of thioether (sulfide) groups is 2. The fourth-order valence-electron chi connectivity index (χ4n) is 5.36. The number of hydrogen-bond acceptors (Lipinski definition) is 6. The average Bonchev–Trinajstić information content (AvgIpc) is 2.87. The van der Waals surface area contributed by atoms with Crippen molar-refractivity contribution in [1.29, 1.82) is 0 Å². The predicted octanol–water partition coefficient (Wildman–Crippen LogP) is 7.12. The second-order valence-corrected chi connectivity index (χ2v) is 13.1. The minimum absolute atomic E-state index is 0.0927. The molecule has 1 N–H and O–H groups in total. The normalized spacial score (nSPS) is 20.4. The molecule has 2 aromatic rings. The van der Waals surface area contributed by atoms with Gasteiger partial charge in [-0.2, -0.15) is 0 Å². The first-order valence-electron chi connectivity index (χ1n) is 12.5. The Balaban J connectivity index is 1.59. The van der Waals surface area contributed by atoms with Crippen molar-refractivity contribution >= 4 is 35.1 Å². The van der Waals surface area contributed by atoms with Crippen molar-refractivity contribution in [2.24, 2.45) is 5.92 Å². The summed E-state index contributed by atoms with van der Waals surface area (Å²) in [6.07, 6.45) is 4.97. The minimum atomic E-state index is -0.0927. The monoisotopic (exact) mass is 535 g/mol. The molecule has 2 aromatic carbocycles. The fourth-order valence-corrected chi connectivity index (χ4v) is 9.19. The second-order valence-electron chi connectivity index (χ2n) is 9.73. The van der Waals surface area contributed by atoms with E-state index in [0.717, 1.165) is 34.6 Å². The number of ether oxygens (including phenoxy) is 3. The Hall–Kier alpha value is -1.21. The molecule has 0 radical (unpaired) electrons. The van der Waals surface area contributed by atoms with Gasteiger partial charge in [0.05, 0.1) is 25.4 Å². The molecule has 0 bridgehead atoms. The van der Waals surface area contributed by atoms with Crippen LogP contribution in [0.4, 0.5) is 0 Å². The van der Waals surface area contributed by atoms with Crippen LogP contribution < -0.4 is 19.5 Å². The Kier molecular flexibility index (Phi) is 8.78.